The SMILES string of the molecule is CCN(CC)S(=O)(=O)c1cc(C(=O)N(C)CCOc2ccc(OC)cc2)ccc1C. The van der Waals surface area contributed by atoms with E-state index in [2.05, 4.69) is 0 Å². The van der Waals surface area contributed by atoms with Gasteiger partial charge >= 0.3 is 0 Å². The molecule has 0 fully saturated rings. The van der Waals surface area contributed by atoms with Crippen molar-refractivity contribution in [2.24, 2.45) is 0 Å². The van der Waals surface area contributed by atoms with Gasteiger partial charge in [-0.1, -0.05) is 19.9 Å². The van der Waals surface area contributed by atoms with Crippen LogP contribution >= 0.6 is 0 Å². The van der Waals surface area contributed by atoms with Crippen molar-refractivity contribution in [2.45, 2.75) is 25.7 Å². The highest BCUT2D eigenvalue weighted by molar-refractivity contribution is 7.89. The molecule has 0 radical (unpaired) electrons. The number of ether oxygens (including phenoxy) is 2. The molecule has 7 nitrogen and oxygen atoms in total. The summed E-state index contributed by atoms with van der Waals surface area (Å²) in [6, 6.07) is 12.0. The number of benzene rings is 2. The van der Waals surface area contributed by atoms with E-state index in [1.807, 2.05) is 0 Å². The minimum atomic E-state index is -3.64. The van der Waals surface area contributed by atoms with Crippen molar-refractivity contribution in [1.29, 1.82) is 0 Å². The highest BCUT2D eigenvalue weighted by atomic mass is 32.2. The van der Waals surface area contributed by atoms with Crippen LogP contribution in [0.5, 0.6) is 11.5 Å². The minimum Gasteiger partial charge on any atom is -0.497 e. The third kappa shape index (κ3) is 5.52. The highest BCUT2D eigenvalue weighted by Crippen LogP contribution is 2.22. The van der Waals surface area contributed by atoms with Crippen molar-refractivity contribution in [3.63, 3.8) is 0 Å². The second-order valence-electron chi connectivity index (χ2n) is 6.82. The number of hydrogen-bond acceptors (Lipinski definition) is 5. The second-order valence-corrected chi connectivity index (χ2v) is 8.73. The van der Waals surface area contributed by atoms with Crippen LogP contribution in [0, 0.1) is 6.92 Å². The van der Waals surface area contributed by atoms with Crippen LogP contribution in [0.3, 0.4) is 0 Å². The van der Waals surface area contributed by atoms with Crippen LogP contribution in [-0.2, 0) is 10.0 Å². The summed E-state index contributed by atoms with van der Waals surface area (Å²) in [4.78, 5) is 14.5. The van der Waals surface area contributed by atoms with Crippen molar-refractivity contribution in [3.8, 4) is 11.5 Å². The molecule has 0 saturated heterocycles. The number of carbonyl (C=O) groups excluding carboxylic acids is 1. The fourth-order valence-electron chi connectivity index (χ4n) is 3.01. The summed E-state index contributed by atoms with van der Waals surface area (Å²) in [6.07, 6.45) is 0. The van der Waals surface area contributed by atoms with E-state index in [4.69, 9.17) is 9.47 Å². The van der Waals surface area contributed by atoms with Gasteiger partial charge in [0.25, 0.3) is 5.91 Å². The van der Waals surface area contributed by atoms with E-state index in [9.17, 15) is 13.2 Å². The summed E-state index contributed by atoms with van der Waals surface area (Å²) in [7, 11) is -0.382. The Morgan fingerprint density at radius 2 is 1.60 bits per heavy atom. The van der Waals surface area contributed by atoms with Crippen molar-refractivity contribution >= 4 is 15.9 Å². The Morgan fingerprint density at radius 1 is 1.00 bits per heavy atom. The number of methoxy groups -OCH3 is 1. The molecule has 30 heavy (non-hydrogen) atoms. The van der Waals surface area contributed by atoms with Gasteiger partial charge in [-0.3, -0.25) is 4.79 Å². The van der Waals surface area contributed by atoms with E-state index in [1.165, 1.54) is 15.3 Å². The number of carbonyl (C=O) groups is 1. The van der Waals surface area contributed by atoms with Crippen molar-refractivity contribution in [2.75, 3.05) is 40.4 Å². The quantitative estimate of drug-likeness (QED) is 0.574. The van der Waals surface area contributed by atoms with Crippen LogP contribution in [0.4, 0.5) is 0 Å². The molecular formula is C22H30N2O5S. The average Bonchev–Trinajstić information content (AvgIpc) is 2.74. The van der Waals surface area contributed by atoms with Crippen molar-refractivity contribution in [1.82, 2.24) is 9.21 Å². The van der Waals surface area contributed by atoms with Gasteiger partial charge in [-0.05, 0) is 48.9 Å². The predicted molar refractivity (Wildman–Crippen MR) is 117 cm³/mol. The van der Waals surface area contributed by atoms with E-state index in [1.54, 1.807) is 71.3 Å². The van der Waals surface area contributed by atoms with Gasteiger partial charge in [-0.15, -0.1) is 0 Å². The fourth-order valence-corrected chi connectivity index (χ4v) is 4.72. The Kier molecular flexibility index (Phi) is 8.25. The zero-order chi connectivity index (χ0) is 22.3. The number of sulfonamides is 1. The number of aryl methyl sites for hydroxylation is 1. The molecule has 0 aliphatic rings. The molecule has 0 aliphatic heterocycles. The molecule has 2 rings (SSSR count). The summed E-state index contributed by atoms with van der Waals surface area (Å²) in [5.74, 6) is 1.16. The Balaban J connectivity index is 2.08. The van der Waals surface area contributed by atoms with Gasteiger partial charge < -0.3 is 14.4 Å². The molecule has 164 valence electrons. The van der Waals surface area contributed by atoms with Gasteiger partial charge in [0.15, 0.2) is 0 Å². The molecule has 0 saturated carbocycles. The van der Waals surface area contributed by atoms with Gasteiger partial charge in [0.1, 0.15) is 18.1 Å². The van der Waals surface area contributed by atoms with Crippen molar-refractivity contribution < 1.29 is 22.7 Å². The largest absolute Gasteiger partial charge is 0.497 e. The lowest BCUT2D eigenvalue weighted by molar-refractivity contribution is 0.0773. The van der Waals surface area contributed by atoms with Gasteiger partial charge in [-0.2, -0.15) is 4.31 Å². The Hall–Kier alpha value is -2.58. The Bertz CT molecular complexity index is 954. The van der Waals surface area contributed by atoms with Gasteiger partial charge in [0.05, 0.1) is 18.6 Å². The Morgan fingerprint density at radius 3 is 2.17 bits per heavy atom. The van der Waals surface area contributed by atoms with E-state index in [-0.39, 0.29) is 10.8 Å². The van der Waals surface area contributed by atoms with Gasteiger partial charge in [-0.25, -0.2) is 8.42 Å². The van der Waals surface area contributed by atoms with E-state index < -0.39 is 10.0 Å². The fraction of sp³-hybridized carbons (Fsp3) is 0.409. The molecule has 0 aromatic heterocycles. The molecular weight excluding hydrogens is 404 g/mol. The number of rotatable bonds is 10. The molecule has 2 aromatic carbocycles. The lowest BCUT2D eigenvalue weighted by atomic mass is 10.1. The molecule has 0 bridgehead atoms. The zero-order valence-electron chi connectivity index (χ0n) is 18.2. The van der Waals surface area contributed by atoms with Crippen LogP contribution in [0.1, 0.15) is 29.8 Å². The summed E-state index contributed by atoms with van der Waals surface area (Å²) < 4.78 is 38.0. The van der Waals surface area contributed by atoms with E-state index >= 15 is 0 Å². The number of amides is 1. The third-order valence-corrected chi connectivity index (χ3v) is 7.05. The maximum absolute atomic E-state index is 12.9. The monoisotopic (exact) mass is 434 g/mol. The molecule has 0 unspecified atom stereocenters. The highest BCUT2D eigenvalue weighted by Gasteiger charge is 2.25. The number of nitrogens with zero attached hydrogens (tertiary/aromatic N) is 2. The first-order valence-electron chi connectivity index (χ1n) is 9.87. The molecule has 8 heteroatoms. The first-order chi connectivity index (χ1) is 14.2. The summed E-state index contributed by atoms with van der Waals surface area (Å²) in [5, 5.41) is 0. The normalized spacial score (nSPS) is 11.4. The molecule has 0 atom stereocenters. The van der Waals surface area contributed by atoms with Gasteiger partial charge in [0, 0.05) is 25.7 Å². The lowest BCUT2D eigenvalue weighted by Gasteiger charge is -2.21. The van der Waals surface area contributed by atoms with Gasteiger partial charge in [0.2, 0.25) is 10.0 Å². The maximum atomic E-state index is 12.9. The Labute approximate surface area is 179 Å². The average molecular weight is 435 g/mol. The standard InChI is InChI=1S/C22H30N2O5S/c1-6-24(7-2)30(26,27)21-16-18(9-8-17(21)3)22(25)23(4)14-15-29-20-12-10-19(28-5)11-13-20/h8-13,16H,6-7,14-15H2,1-5H3. The minimum absolute atomic E-state index is 0.167. The number of hydrogen-bond donors (Lipinski definition) is 0. The summed E-state index contributed by atoms with van der Waals surface area (Å²) in [5.41, 5.74) is 0.947. The van der Waals surface area contributed by atoms with Crippen LogP contribution in [0.2, 0.25) is 0 Å². The van der Waals surface area contributed by atoms with E-state index in [0.717, 1.165) is 5.75 Å². The lowest BCUT2D eigenvalue weighted by Crippen LogP contribution is -2.32. The second kappa shape index (κ2) is 10.4. The van der Waals surface area contributed by atoms with Crippen LogP contribution in [-0.4, -0.2) is 63.9 Å². The topological polar surface area (TPSA) is 76.2 Å². The van der Waals surface area contributed by atoms with Crippen LogP contribution in [0.25, 0.3) is 0 Å². The molecule has 0 aliphatic carbocycles. The molecule has 0 heterocycles. The first kappa shape index (κ1) is 23.7. The summed E-state index contributed by atoms with van der Waals surface area (Å²) in [6.45, 7) is 6.74. The first-order valence-corrected chi connectivity index (χ1v) is 11.3. The maximum Gasteiger partial charge on any atom is 0.253 e. The zero-order valence-corrected chi connectivity index (χ0v) is 19.0. The van der Waals surface area contributed by atoms with Crippen LogP contribution < -0.4 is 9.47 Å². The molecule has 1 amide bonds. The van der Waals surface area contributed by atoms with E-state index in [0.29, 0.717) is 43.1 Å². The molecule has 0 spiro atoms. The predicted octanol–water partition coefficient (Wildman–Crippen LogP) is 3.19. The van der Waals surface area contributed by atoms with Crippen molar-refractivity contribution in [3.05, 3.63) is 53.6 Å². The molecule has 2 aromatic rings. The number of likely N-dealkylation sites (N-methyl/N-ethyl adjacent to an activating group) is 1. The summed E-state index contributed by atoms with van der Waals surface area (Å²) >= 11 is 0. The van der Waals surface area contributed by atoms with Crippen LogP contribution in [0.15, 0.2) is 47.4 Å². The molecule has 0 N–H and O–H groups in total. The smallest absolute Gasteiger partial charge is 0.253 e. The third-order valence-electron chi connectivity index (χ3n) is 4.86.